The van der Waals surface area contributed by atoms with Gasteiger partial charge in [-0.05, 0) is 6.92 Å². The van der Waals surface area contributed by atoms with Gasteiger partial charge < -0.3 is 15.3 Å². The van der Waals surface area contributed by atoms with Crippen molar-refractivity contribution in [2.24, 2.45) is 5.73 Å². The highest BCUT2D eigenvalue weighted by Crippen LogP contribution is 1.72. The maximum absolute atomic E-state index is 9.57. The largest absolute Gasteiger partial charge is 0.480 e. The van der Waals surface area contributed by atoms with E-state index < -0.39 is 12.0 Å². The van der Waals surface area contributed by atoms with Gasteiger partial charge in [0.2, 0.25) is 0 Å². The predicted molar refractivity (Wildman–Crippen MR) is 37.8 cm³/mol. The summed E-state index contributed by atoms with van der Waals surface area (Å²) in [5.41, 5.74) is 4.84. The molecule has 0 aromatic carbocycles. The van der Waals surface area contributed by atoms with Gasteiger partial charge in [0, 0.05) is 0 Å². The summed E-state index contributed by atoms with van der Waals surface area (Å²) in [5, 5.41) is 7.87. The van der Waals surface area contributed by atoms with Crippen LogP contribution in [0.4, 0.5) is 0 Å². The summed E-state index contributed by atoms with van der Waals surface area (Å²) in [4.78, 5) is 13.1. The number of aliphatic carboxylic acids is 1. The van der Waals surface area contributed by atoms with Crippen molar-refractivity contribution in [1.82, 2.24) is 4.98 Å². The third-order valence-corrected chi connectivity index (χ3v) is 0.737. The number of aromatic nitrogens is 1. The highest BCUT2D eigenvalue weighted by Gasteiger charge is 1.99. The van der Waals surface area contributed by atoms with Crippen LogP contribution in [0, 0.1) is 0 Å². The molecule has 3 N–H and O–H groups in total. The summed E-state index contributed by atoms with van der Waals surface area (Å²) in [6, 6.07) is -0.731. The Balaban J connectivity index is 0.000000183. The molecule has 0 radical (unpaired) electrons. The highest BCUT2D eigenvalue weighted by atomic mass is 16.4. The summed E-state index contributed by atoms with van der Waals surface area (Å²) >= 11 is 0. The van der Waals surface area contributed by atoms with Crippen LogP contribution in [0.5, 0.6) is 0 Å². The smallest absolute Gasteiger partial charge is 0.320 e. The Morgan fingerprint density at radius 3 is 2.45 bits per heavy atom. The van der Waals surface area contributed by atoms with Gasteiger partial charge in [-0.25, -0.2) is 4.98 Å². The van der Waals surface area contributed by atoms with Crippen molar-refractivity contribution < 1.29 is 14.3 Å². The van der Waals surface area contributed by atoms with Crippen molar-refractivity contribution in [2.45, 2.75) is 13.0 Å². The van der Waals surface area contributed by atoms with Crippen LogP contribution in [0.15, 0.2) is 23.3 Å². The molecule has 11 heavy (non-hydrogen) atoms. The van der Waals surface area contributed by atoms with Gasteiger partial charge in [-0.2, -0.15) is 0 Å². The fourth-order valence-electron chi connectivity index (χ4n) is 0.176. The second-order valence-corrected chi connectivity index (χ2v) is 1.80. The molecule has 0 aliphatic heterocycles. The van der Waals surface area contributed by atoms with Crippen LogP contribution in [0.25, 0.3) is 0 Å². The molecular formula is C6H10N2O3. The maximum Gasteiger partial charge on any atom is 0.320 e. The minimum Gasteiger partial charge on any atom is -0.480 e. The molecular weight excluding hydrogens is 148 g/mol. The molecule has 0 spiro atoms. The highest BCUT2D eigenvalue weighted by molar-refractivity contribution is 5.72. The Labute approximate surface area is 63.8 Å². The number of carboxylic acids is 1. The molecule has 1 aromatic heterocycles. The lowest BCUT2D eigenvalue weighted by Gasteiger charge is -1.90. The van der Waals surface area contributed by atoms with E-state index in [1.54, 1.807) is 6.20 Å². The Morgan fingerprint density at radius 2 is 2.36 bits per heavy atom. The lowest BCUT2D eigenvalue weighted by Crippen LogP contribution is -2.25. The molecule has 0 fully saturated rings. The number of carbonyl (C=O) groups is 1. The van der Waals surface area contributed by atoms with Crippen LogP contribution in [0.1, 0.15) is 6.92 Å². The van der Waals surface area contributed by atoms with E-state index in [-0.39, 0.29) is 0 Å². The Kier molecular flexibility index (Phi) is 4.76. The van der Waals surface area contributed by atoms with Gasteiger partial charge in [0.1, 0.15) is 12.3 Å². The lowest BCUT2D eigenvalue weighted by molar-refractivity contribution is -0.138. The normalized spacial score (nSPS) is 11.1. The third kappa shape index (κ3) is 6.53. The molecule has 1 aromatic rings. The van der Waals surface area contributed by atoms with Gasteiger partial charge in [0.25, 0.3) is 0 Å². The Bertz CT molecular complexity index is 166. The van der Waals surface area contributed by atoms with Crippen molar-refractivity contribution in [3.05, 3.63) is 18.9 Å². The minimum atomic E-state index is -0.963. The van der Waals surface area contributed by atoms with Crippen LogP contribution in [0.3, 0.4) is 0 Å². The number of nitrogens with two attached hydrogens (primary N) is 1. The zero-order chi connectivity index (χ0) is 8.69. The van der Waals surface area contributed by atoms with Gasteiger partial charge in [-0.1, -0.05) is 0 Å². The maximum atomic E-state index is 9.57. The molecule has 0 aliphatic carbocycles. The molecule has 0 aliphatic rings. The van der Waals surface area contributed by atoms with E-state index in [4.69, 9.17) is 10.8 Å². The van der Waals surface area contributed by atoms with Crippen LogP contribution in [0.2, 0.25) is 0 Å². The third-order valence-electron chi connectivity index (χ3n) is 0.737. The first-order valence-corrected chi connectivity index (χ1v) is 2.95. The van der Waals surface area contributed by atoms with Crippen molar-refractivity contribution in [3.63, 3.8) is 0 Å². The van der Waals surface area contributed by atoms with E-state index in [0.29, 0.717) is 0 Å². The zero-order valence-electron chi connectivity index (χ0n) is 6.10. The molecule has 5 nitrogen and oxygen atoms in total. The number of hydrogen-bond acceptors (Lipinski definition) is 4. The average Bonchev–Trinajstić information content (AvgIpc) is 2.41. The molecule has 0 amide bonds. The van der Waals surface area contributed by atoms with Crippen LogP contribution >= 0.6 is 0 Å². The van der Waals surface area contributed by atoms with E-state index >= 15 is 0 Å². The van der Waals surface area contributed by atoms with E-state index in [1.165, 1.54) is 19.6 Å². The van der Waals surface area contributed by atoms with E-state index in [9.17, 15) is 4.79 Å². The SMILES string of the molecule is C[C@H](N)C(=O)O.c1cocn1. The summed E-state index contributed by atoms with van der Waals surface area (Å²) < 4.78 is 4.47. The first-order chi connectivity index (χ1) is 5.14. The quantitative estimate of drug-likeness (QED) is 0.604. The summed E-state index contributed by atoms with van der Waals surface area (Å²) in [5.74, 6) is -0.963. The van der Waals surface area contributed by atoms with Gasteiger partial charge in [-0.15, -0.1) is 0 Å². The first kappa shape index (κ1) is 9.64. The van der Waals surface area contributed by atoms with Gasteiger partial charge in [0.05, 0.1) is 6.20 Å². The van der Waals surface area contributed by atoms with Crippen molar-refractivity contribution >= 4 is 5.97 Å². The van der Waals surface area contributed by atoms with Crippen molar-refractivity contribution in [3.8, 4) is 0 Å². The molecule has 0 bridgehead atoms. The fourth-order valence-corrected chi connectivity index (χ4v) is 0.176. The number of carboxylic acid groups (broad SMARTS) is 1. The Hall–Kier alpha value is -1.36. The summed E-state index contributed by atoms with van der Waals surface area (Å²) in [6.45, 7) is 1.42. The first-order valence-electron chi connectivity index (χ1n) is 2.95. The monoisotopic (exact) mass is 158 g/mol. The minimum absolute atomic E-state index is 0.731. The zero-order valence-corrected chi connectivity index (χ0v) is 6.10. The predicted octanol–water partition coefficient (Wildman–Crippen LogP) is 0.0928. The molecule has 0 saturated heterocycles. The summed E-state index contributed by atoms with van der Waals surface area (Å²) in [6.07, 6.45) is 4.47. The van der Waals surface area contributed by atoms with Crippen LogP contribution < -0.4 is 5.73 Å². The lowest BCUT2D eigenvalue weighted by atomic mass is 10.4. The van der Waals surface area contributed by atoms with Gasteiger partial charge >= 0.3 is 5.97 Å². The molecule has 5 heteroatoms. The molecule has 1 heterocycles. The van der Waals surface area contributed by atoms with E-state index in [0.717, 1.165) is 0 Å². The standard InChI is InChI=1S/C3H7NO2.C3H3NO/c1-2(4)3(5)6;1-2-5-3-4-1/h2H,4H2,1H3,(H,5,6);1-3H/t2-;/m0./s1. The molecule has 1 atom stereocenters. The van der Waals surface area contributed by atoms with Crippen molar-refractivity contribution in [2.75, 3.05) is 0 Å². The molecule has 62 valence electrons. The average molecular weight is 158 g/mol. The number of hydrogen-bond donors (Lipinski definition) is 2. The van der Waals surface area contributed by atoms with Gasteiger partial charge in [0.15, 0.2) is 6.39 Å². The van der Waals surface area contributed by atoms with Crippen molar-refractivity contribution in [1.29, 1.82) is 0 Å². The van der Waals surface area contributed by atoms with Crippen LogP contribution in [-0.2, 0) is 4.79 Å². The second kappa shape index (κ2) is 5.43. The summed E-state index contributed by atoms with van der Waals surface area (Å²) in [7, 11) is 0. The Morgan fingerprint density at radius 1 is 1.82 bits per heavy atom. The fraction of sp³-hybridized carbons (Fsp3) is 0.333. The molecule has 1 rings (SSSR count). The molecule has 0 saturated carbocycles. The van der Waals surface area contributed by atoms with Gasteiger partial charge in [-0.3, -0.25) is 4.79 Å². The topological polar surface area (TPSA) is 89.4 Å². The number of nitrogens with zero attached hydrogens (tertiary/aromatic N) is 1. The number of rotatable bonds is 1. The second-order valence-electron chi connectivity index (χ2n) is 1.80. The number of oxazole rings is 1. The van der Waals surface area contributed by atoms with E-state index in [1.807, 2.05) is 0 Å². The molecule has 0 unspecified atom stereocenters. The van der Waals surface area contributed by atoms with E-state index in [2.05, 4.69) is 9.40 Å². The van der Waals surface area contributed by atoms with Crippen LogP contribution in [-0.4, -0.2) is 22.1 Å².